The Hall–Kier alpha value is -3.80. The quantitative estimate of drug-likeness (QED) is 0.625. The number of hydrogen-bond donors (Lipinski definition) is 1. The summed E-state index contributed by atoms with van der Waals surface area (Å²) in [5, 5.41) is 10.7. The Bertz CT molecular complexity index is 1120. The first-order valence-electron chi connectivity index (χ1n) is 9.48. The van der Waals surface area contributed by atoms with Crippen LogP contribution in [0.1, 0.15) is 33.3 Å². The Kier molecular flexibility index (Phi) is 4.91. The maximum Gasteiger partial charge on any atom is 0.294 e. The fourth-order valence-electron chi connectivity index (χ4n) is 3.84. The lowest BCUT2D eigenvalue weighted by Crippen LogP contribution is -2.31. The van der Waals surface area contributed by atoms with Crippen LogP contribution in [-0.4, -0.2) is 23.9 Å². The lowest BCUT2D eigenvalue weighted by molar-refractivity contribution is -0.117. The van der Waals surface area contributed by atoms with Crippen molar-refractivity contribution >= 4 is 17.4 Å². The van der Waals surface area contributed by atoms with Gasteiger partial charge < -0.3 is 14.3 Å². The number of rotatable bonds is 5. The number of amides is 1. The van der Waals surface area contributed by atoms with E-state index in [9.17, 15) is 14.7 Å². The number of carbonyl (C=O) groups is 2. The molecular weight excluding hydrogens is 382 g/mol. The number of methoxy groups -OCH3 is 1. The standard InChI is InChI=1S/C24H21NO5/c1-14-11-15(2)13-17(12-14)25-21(16-6-8-18(29-3)9-7-16)20(23(27)24(25)28)22(26)19-5-4-10-30-19/h4-13,21,27H,1-3H3. The van der Waals surface area contributed by atoms with Gasteiger partial charge in [-0.05, 0) is 66.9 Å². The maximum atomic E-state index is 13.2. The Balaban J connectivity index is 1.89. The fraction of sp³-hybridized carbons (Fsp3) is 0.167. The second-order valence-electron chi connectivity index (χ2n) is 7.27. The number of aliphatic hydroxyl groups excluding tert-OH is 1. The number of furan rings is 1. The summed E-state index contributed by atoms with van der Waals surface area (Å²) in [6, 6.07) is 15.1. The van der Waals surface area contributed by atoms with Crippen molar-refractivity contribution in [2.75, 3.05) is 12.0 Å². The molecule has 1 atom stereocenters. The van der Waals surface area contributed by atoms with E-state index in [1.165, 1.54) is 17.2 Å². The summed E-state index contributed by atoms with van der Waals surface area (Å²) < 4.78 is 10.5. The van der Waals surface area contributed by atoms with Crippen molar-refractivity contribution in [1.29, 1.82) is 0 Å². The molecular formula is C24H21NO5. The van der Waals surface area contributed by atoms with Crippen molar-refractivity contribution < 1.29 is 23.8 Å². The second kappa shape index (κ2) is 7.55. The van der Waals surface area contributed by atoms with Gasteiger partial charge in [-0.1, -0.05) is 18.2 Å². The first kappa shape index (κ1) is 19.5. The minimum absolute atomic E-state index is 0.0146. The van der Waals surface area contributed by atoms with E-state index in [-0.39, 0.29) is 11.3 Å². The number of ketones is 1. The summed E-state index contributed by atoms with van der Waals surface area (Å²) in [4.78, 5) is 27.7. The topological polar surface area (TPSA) is 80.0 Å². The average Bonchev–Trinajstić information content (AvgIpc) is 3.34. The van der Waals surface area contributed by atoms with Crippen LogP contribution >= 0.6 is 0 Å². The minimum Gasteiger partial charge on any atom is -0.503 e. The minimum atomic E-state index is -0.804. The Morgan fingerprint density at radius 3 is 2.30 bits per heavy atom. The van der Waals surface area contributed by atoms with Gasteiger partial charge in [0.25, 0.3) is 5.91 Å². The number of aryl methyl sites for hydroxylation is 2. The summed E-state index contributed by atoms with van der Waals surface area (Å²) in [5.74, 6) is -1.02. The van der Waals surface area contributed by atoms with Crippen molar-refractivity contribution in [3.63, 3.8) is 0 Å². The molecule has 0 aliphatic carbocycles. The lowest BCUT2D eigenvalue weighted by atomic mass is 9.94. The van der Waals surface area contributed by atoms with Gasteiger partial charge in [-0.25, -0.2) is 0 Å². The van der Waals surface area contributed by atoms with E-state index in [2.05, 4.69) is 0 Å². The molecule has 6 nitrogen and oxygen atoms in total. The van der Waals surface area contributed by atoms with Crippen molar-refractivity contribution in [3.8, 4) is 5.75 Å². The van der Waals surface area contributed by atoms with Gasteiger partial charge in [0.05, 0.1) is 25.0 Å². The number of nitrogens with zero attached hydrogens (tertiary/aromatic N) is 1. The molecule has 30 heavy (non-hydrogen) atoms. The zero-order valence-corrected chi connectivity index (χ0v) is 16.9. The van der Waals surface area contributed by atoms with E-state index in [1.54, 1.807) is 37.4 Å². The van der Waals surface area contributed by atoms with Gasteiger partial charge in [0.2, 0.25) is 5.78 Å². The van der Waals surface area contributed by atoms with Crippen LogP contribution in [0.25, 0.3) is 0 Å². The van der Waals surface area contributed by atoms with E-state index in [0.29, 0.717) is 17.0 Å². The molecule has 0 radical (unpaired) electrons. The van der Waals surface area contributed by atoms with Gasteiger partial charge >= 0.3 is 0 Å². The van der Waals surface area contributed by atoms with E-state index < -0.39 is 23.5 Å². The zero-order chi connectivity index (χ0) is 21.4. The molecule has 0 bridgehead atoms. The Morgan fingerprint density at radius 2 is 1.73 bits per heavy atom. The predicted molar refractivity (Wildman–Crippen MR) is 112 cm³/mol. The number of Topliss-reactive ketones (excluding diaryl/α,β-unsaturated/α-hetero) is 1. The normalized spacial score (nSPS) is 16.3. The first-order chi connectivity index (χ1) is 14.4. The largest absolute Gasteiger partial charge is 0.503 e. The van der Waals surface area contributed by atoms with E-state index in [4.69, 9.17) is 9.15 Å². The molecule has 2 aromatic carbocycles. The molecule has 0 spiro atoms. The third kappa shape index (κ3) is 3.26. The number of ether oxygens (including phenoxy) is 1. The highest BCUT2D eigenvalue weighted by Gasteiger charge is 2.45. The molecule has 1 amide bonds. The molecule has 0 fully saturated rings. The van der Waals surface area contributed by atoms with Crippen LogP contribution in [0.15, 0.2) is 76.6 Å². The van der Waals surface area contributed by atoms with Crippen LogP contribution in [0.2, 0.25) is 0 Å². The first-order valence-corrected chi connectivity index (χ1v) is 9.48. The van der Waals surface area contributed by atoms with Gasteiger partial charge in [-0.2, -0.15) is 0 Å². The highest BCUT2D eigenvalue weighted by Crippen LogP contribution is 2.42. The molecule has 1 aliphatic heterocycles. The maximum absolute atomic E-state index is 13.2. The zero-order valence-electron chi connectivity index (χ0n) is 16.9. The van der Waals surface area contributed by atoms with Gasteiger partial charge in [0.15, 0.2) is 11.5 Å². The smallest absolute Gasteiger partial charge is 0.294 e. The molecule has 3 aromatic rings. The summed E-state index contributed by atoms with van der Waals surface area (Å²) in [5.41, 5.74) is 3.20. The molecule has 0 saturated carbocycles. The van der Waals surface area contributed by atoms with Crippen LogP contribution in [0.4, 0.5) is 5.69 Å². The molecule has 2 heterocycles. The monoisotopic (exact) mass is 403 g/mol. The molecule has 4 rings (SSSR count). The number of hydrogen-bond acceptors (Lipinski definition) is 5. The summed E-state index contributed by atoms with van der Waals surface area (Å²) in [7, 11) is 1.56. The summed E-state index contributed by atoms with van der Waals surface area (Å²) >= 11 is 0. The third-order valence-corrected chi connectivity index (χ3v) is 5.11. The number of aliphatic hydroxyl groups is 1. The van der Waals surface area contributed by atoms with Gasteiger partial charge in [0.1, 0.15) is 5.75 Å². The van der Waals surface area contributed by atoms with E-state index in [1.807, 2.05) is 32.0 Å². The molecule has 1 aliphatic rings. The van der Waals surface area contributed by atoms with Crippen LogP contribution < -0.4 is 9.64 Å². The molecule has 6 heteroatoms. The van der Waals surface area contributed by atoms with Crippen LogP contribution in [0.3, 0.4) is 0 Å². The lowest BCUT2D eigenvalue weighted by Gasteiger charge is -2.27. The molecule has 1 N–H and O–H groups in total. The van der Waals surface area contributed by atoms with Crippen molar-refractivity contribution in [1.82, 2.24) is 0 Å². The molecule has 1 unspecified atom stereocenters. The Labute approximate surface area is 174 Å². The number of carbonyl (C=O) groups excluding carboxylic acids is 2. The van der Waals surface area contributed by atoms with Crippen LogP contribution in [0, 0.1) is 13.8 Å². The van der Waals surface area contributed by atoms with Gasteiger partial charge in [-0.3, -0.25) is 14.5 Å². The van der Waals surface area contributed by atoms with Crippen LogP contribution in [0.5, 0.6) is 5.75 Å². The van der Waals surface area contributed by atoms with Crippen molar-refractivity contribution in [3.05, 3.63) is 94.6 Å². The fourth-order valence-corrected chi connectivity index (χ4v) is 3.84. The number of anilines is 1. The third-order valence-electron chi connectivity index (χ3n) is 5.11. The molecule has 1 aromatic heterocycles. The summed E-state index contributed by atoms with van der Waals surface area (Å²) in [6.07, 6.45) is 1.38. The predicted octanol–water partition coefficient (Wildman–Crippen LogP) is 4.69. The highest BCUT2D eigenvalue weighted by atomic mass is 16.5. The van der Waals surface area contributed by atoms with E-state index >= 15 is 0 Å². The molecule has 0 saturated heterocycles. The number of benzene rings is 2. The van der Waals surface area contributed by atoms with E-state index in [0.717, 1.165) is 11.1 Å². The van der Waals surface area contributed by atoms with Gasteiger partial charge in [-0.15, -0.1) is 0 Å². The van der Waals surface area contributed by atoms with Gasteiger partial charge in [0, 0.05) is 5.69 Å². The SMILES string of the molecule is COc1ccc(C2C(C(=O)c3ccco3)=C(O)C(=O)N2c2cc(C)cc(C)c2)cc1. The summed E-state index contributed by atoms with van der Waals surface area (Å²) in [6.45, 7) is 3.86. The van der Waals surface area contributed by atoms with Crippen molar-refractivity contribution in [2.24, 2.45) is 0 Å². The highest BCUT2D eigenvalue weighted by molar-refractivity contribution is 6.20. The van der Waals surface area contributed by atoms with Crippen molar-refractivity contribution in [2.45, 2.75) is 19.9 Å². The molecule has 152 valence electrons. The Morgan fingerprint density at radius 1 is 1.07 bits per heavy atom. The van der Waals surface area contributed by atoms with Crippen LogP contribution in [-0.2, 0) is 4.79 Å². The average molecular weight is 403 g/mol. The second-order valence-corrected chi connectivity index (χ2v) is 7.27.